The molecule has 0 aliphatic carbocycles. The highest BCUT2D eigenvalue weighted by molar-refractivity contribution is 4.64. The van der Waals surface area contributed by atoms with Crippen molar-refractivity contribution in [3.8, 4) is 0 Å². The Kier molecular flexibility index (Phi) is 7.66. The van der Waals surface area contributed by atoms with Gasteiger partial charge in [0.05, 0.1) is 12.6 Å². The van der Waals surface area contributed by atoms with Crippen LogP contribution in [0.3, 0.4) is 0 Å². The van der Waals surface area contributed by atoms with E-state index in [4.69, 9.17) is 14.8 Å². The monoisotopic (exact) mass is 262 g/mol. The van der Waals surface area contributed by atoms with Gasteiger partial charge in [-0.15, -0.1) is 5.01 Å². The Labute approximate surface area is 110 Å². The summed E-state index contributed by atoms with van der Waals surface area (Å²) in [5.74, 6) is 0.432. The van der Waals surface area contributed by atoms with Gasteiger partial charge in [0.15, 0.2) is 7.11 Å². The average molecular weight is 262 g/mol. The fourth-order valence-electron chi connectivity index (χ4n) is 1.18. The zero-order valence-corrected chi connectivity index (χ0v) is 12.5. The van der Waals surface area contributed by atoms with Gasteiger partial charge in [-0.25, -0.2) is 4.84 Å². The van der Waals surface area contributed by atoms with Gasteiger partial charge in [0, 0.05) is 6.61 Å². The van der Waals surface area contributed by atoms with Gasteiger partial charge >= 0.3 is 0 Å². The van der Waals surface area contributed by atoms with Gasteiger partial charge in [-0.05, 0) is 39.5 Å². The molecule has 1 atom stereocenters. The van der Waals surface area contributed by atoms with Crippen LogP contribution in [0.25, 0.3) is 0 Å². The van der Waals surface area contributed by atoms with Crippen molar-refractivity contribution in [1.29, 1.82) is 0 Å². The van der Waals surface area contributed by atoms with Gasteiger partial charge in [0.1, 0.15) is 6.61 Å². The van der Waals surface area contributed by atoms with Crippen molar-refractivity contribution >= 4 is 0 Å². The molecule has 0 saturated heterocycles. The maximum absolute atomic E-state index is 8.78. The molecule has 6 nitrogen and oxygen atoms in total. The topological polar surface area (TPSA) is 57.3 Å². The fraction of sp³-hybridized carbons (Fsp3) is 1.00. The number of aliphatic hydroxyl groups excluding tert-OH is 1. The number of hydrogen-bond donors (Lipinski definition) is 1. The Morgan fingerprint density at radius 1 is 1.33 bits per heavy atom. The van der Waals surface area contributed by atoms with Crippen molar-refractivity contribution in [2.24, 2.45) is 11.2 Å². The molecule has 0 aromatic carbocycles. The van der Waals surface area contributed by atoms with E-state index in [1.807, 2.05) is 12.1 Å². The van der Waals surface area contributed by atoms with Crippen LogP contribution in [0.4, 0.5) is 0 Å². The van der Waals surface area contributed by atoms with E-state index in [0.29, 0.717) is 12.5 Å². The van der Waals surface area contributed by atoms with E-state index in [1.54, 1.807) is 7.11 Å². The average Bonchev–Trinajstić information content (AvgIpc) is 2.27. The standard InChI is InChI=1S/C12H28N3O3/c1-11(7-9-16)8-10-18-13-15(17-6)14(5)12(2,3)4/h11,16H,7-10H2,1-6H3/q+1/b15-13-. The first-order chi connectivity index (χ1) is 8.32. The molecular formula is C12H28N3O3+. The lowest BCUT2D eigenvalue weighted by atomic mass is 10.1. The summed E-state index contributed by atoms with van der Waals surface area (Å²) in [4.78, 5) is 11.7. The number of hydrazine groups is 1. The zero-order chi connectivity index (χ0) is 14.2. The lowest BCUT2D eigenvalue weighted by Gasteiger charge is -2.23. The molecule has 0 aromatic heterocycles. The van der Waals surface area contributed by atoms with Gasteiger partial charge in [-0.1, -0.05) is 6.92 Å². The van der Waals surface area contributed by atoms with E-state index in [-0.39, 0.29) is 12.1 Å². The normalized spacial score (nSPS) is 14.3. The van der Waals surface area contributed by atoms with Gasteiger partial charge in [0.2, 0.25) is 0 Å². The molecule has 108 valence electrons. The van der Waals surface area contributed by atoms with Gasteiger partial charge in [0.25, 0.3) is 10.2 Å². The summed E-state index contributed by atoms with van der Waals surface area (Å²) in [6, 6.07) is 0. The van der Waals surface area contributed by atoms with Crippen molar-refractivity contribution < 1.29 is 19.8 Å². The van der Waals surface area contributed by atoms with Crippen molar-refractivity contribution in [3.05, 3.63) is 0 Å². The maximum Gasteiger partial charge on any atom is 0.274 e. The highest BCUT2D eigenvalue weighted by atomic mass is 16.8. The SMILES string of the molecule is CO/[N+](=N\OCCC(C)CCO)N(C)C(C)(C)C. The second-order valence-corrected chi connectivity index (χ2v) is 5.45. The van der Waals surface area contributed by atoms with Crippen LogP contribution in [-0.4, -0.2) is 48.0 Å². The molecule has 0 fully saturated rings. The molecule has 0 heterocycles. The quantitative estimate of drug-likeness (QED) is 0.314. The number of hydrogen-bond acceptors (Lipinski definition) is 4. The summed E-state index contributed by atoms with van der Waals surface area (Å²) < 4.78 is 0. The Balaban J connectivity index is 4.14. The predicted octanol–water partition coefficient (Wildman–Crippen LogP) is 2.00. The summed E-state index contributed by atoms with van der Waals surface area (Å²) >= 11 is 0. The molecule has 18 heavy (non-hydrogen) atoms. The first-order valence-electron chi connectivity index (χ1n) is 6.34. The predicted molar refractivity (Wildman–Crippen MR) is 68.6 cm³/mol. The molecule has 0 amide bonds. The van der Waals surface area contributed by atoms with Crippen LogP contribution in [0.5, 0.6) is 0 Å². The highest BCUT2D eigenvalue weighted by Gasteiger charge is 2.29. The van der Waals surface area contributed by atoms with Gasteiger partial charge in [-0.2, -0.15) is 0 Å². The first kappa shape index (κ1) is 17.0. The Hall–Kier alpha value is -1.04. The first-order valence-corrected chi connectivity index (χ1v) is 6.34. The van der Waals surface area contributed by atoms with Crippen molar-refractivity contribution in [3.63, 3.8) is 0 Å². The minimum absolute atomic E-state index is 0.104. The number of nitrogens with zero attached hydrogens (tertiary/aromatic N) is 3. The molecule has 0 rings (SSSR count). The molecule has 0 aromatic rings. The lowest BCUT2D eigenvalue weighted by molar-refractivity contribution is -0.947. The van der Waals surface area contributed by atoms with Crippen LogP contribution < -0.4 is 0 Å². The van der Waals surface area contributed by atoms with Gasteiger partial charge in [-0.3, -0.25) is 0 Å². The fourth-order valence-corrected chi connectivity index (χ4v) is 1.18. The summed E-state index contributed by atoms with van der Waals surface area (Å²) in [5, 5.41) is 14.5. The second-order valence-electron chi connectivity index (χ2n) is 5.45. The maximum atomic E-state index is 8.78. The van der Waals surface area contributed by atoms with E-state index in [9.17, 15) is 0 Å². The molecule has 0 bridgehead atoms. The number of aliphatic hydroxyl groups is 1. The smallest absolute Gasteiger partial charge is 0.274 e. The van der Waals surface area contributed by atoms with E-state index in [2.05, 4.69) is 33.0 Å². The van der Waals surface area contributed by atoms with E-state index in [1.165, 1.54) is 4.97 Å². The molecule has 0 aliphatic rings. The molecule has 1 unspecified atom stereocenters. The molecular weight excluding hydrogens is 234 g/mol. The van der Waals surface area contributed by atoms with Crippen molar-refractivity contribution in [2.45, 2.75) is 46.1 Å². The molecule has 0 spiro atoms. The Morgan fingerprint density at radius 3 is 2.39 bits per heavy atom. The third kappa shape index (κ3) is 6.64. The number of rotatable bonds is 8. The lowest BCUT2D eigenvalue weighted by Crippen LogP contribution is -2.44. The van der Waals surface area contributed by atoms with Crippen LogP contribution in [-0.2, 0) is 9.68 Å². The van der Waals surface area contributed by atoms with Gasteiger partial charge < -0.3 is 9.94 Å². The van der Waals surface area contributed by atoms with Crippen LogP contribution >= 0.6 is 0 Å². The third-order valence-electron chi connectivity index (χ3n) is 2.84. The third-order valence-corrected chi connectivity index (χ3v) is 2.84. The minimum atomic E-state index is -0.104. The van der Waals surface area contributed by atoms with E-state index < -0.39 is 0 Å². The zero-order valence-electron chi connectivity index (χ0n) is 12.5. The Bertz CT molecular complexity index is 251. The summed E-state index contributed by atoms with van der Waals surface area (Å²) in [7, 11) is 3.42. The van der Waals surface area contributed by atoms with Crippen molar-refractivity contribution in [2.75, 3.05) is 27.4 Å². The highest BCUT2D eigenvalue weighted by Crippen LogP contribution is 2.11. The van der Waals surface area contributed by atoms with Crippen LogP contribution in [0.2, 0.25) is 0 Å². The molecule has 0 saturated carbocycles. The van der Waals surface area contributed by atoms with E-state index >= 15 is 0 Å². The minimum Gasteiger partial charge on any atom is -0.396 e. The molecule has 0 aliphatic heterocycles. The summed E-state index contributed by atoms with van der Waals surface area (Å²) in [6.45, 7) is 8.97. The summed E-state index contributed by atoms with van der Waals surface area (Å²) in [5.41, 5.74) is -0.104. The van der Waals surface area contributed by atoms with Crippen LogP contribution in [0.1, 0.15) is 40.5 Å². The summed E-state index contributed by atoms with van der Waals surface area (Å²) in [6.07, 6.45) is 1.65. The van der Waals surface area contributed by atoms with Crippen molar-refractivity contribution in [1.82, 2.24) is 5.01 Å². The largest absolute Gasteiger partial charge is 0.396 e. The van der Waals surface area contributed by atoms with Crippen LogP contribution in [0, 0.1) is 5.92 Å². The second kappa shape index (κ2) is 8.13. The molecule has 1 N–H and O–H groups in total. The van der Waals surface area contributed by atoms with E-state index in [0.717, 1.165) is 12.8 Å². The molecule has 6 heteroatoms. The van der Waals surface area contributed by atoms with Crippen LogP contribution in [0.15, 0.2) is 5.28 Å². The Morgan fingerprint density at radius 2 is 1.94 bits per heavy atom. The molecule has 0 radical (unpaired) electrons.